The molecule has 0 aliphatic carbocycles. The largest absolute Gasteiger partial charge is 0.466 e. The van der Waals surface area contributed by atoms with Crippen LogP contribution in [-0.4, -0.2) is 75.6 Å². The number of rotatable bonds is 7. The first kappa shape index (κ1) is 32.8. The minimum atomic E-state index is -4.64. The van der Waals surface area contributed by atoms with E-state index in [1.54, 1.807) is 0 Å². The molecule has 2 atom stereocenters. The molecule has 0 bridgehead atoms. The van der Waals surface area contributed by atoms with Crippen molar-refractivity contribution in [3.8, 4) is 0 Å². The molecule has 3 heterocycles. The van der Waals surface area contributed by atoms with E-state index in [1.165, 1.54) is 0 Å². The highest BCUT2D eigenvalue weighted by atomic mass is 31.2. The predicted molar refractivity (Wildman–Crippen MR) is 163 cm³/mol. The van der Waals surface area contributed by atoms with Crippen molar-refractivity contribution in [3.05, 3.63) is 65.7 Å². The van der Waals surface area contributed by atoms with Gasteiger partial charge in [0, 0.05) is 31.4 Å². The third-order valence-electron chi connectivity index (χ3n) is 8.58. The molecule has 11 nitrogen and oxygen atoms in total. The summed E-state index contributed by atoms with van der Waals surface area (Å²) in [7, 11) is -4.64. The molecule has 3 aliphatic rings. The summed E-state index contributed by atoms with van der Waals surface area (Å²) in [4.78, 5) is 65.6. The van der Waals surface area contributed by atoms with Crippen molar-refractivity contribution in [2.45, 2.75) is 69.9 Å². The maximum atomic E-state index is 13.7. The lowest BCUT2D eigenvalue weighted by Crippen LogP contribution is -2.55. The van der Waals surface area contributed by atoms with Gasteiger partial charge in [-0.05, 0) is 76.1 Å². The Morgan fingerprint density at radius 1 is 1.02 bits per heavy atom. The maximum Gasteiger partial charge on any atom is 0.466 e. The molecule has 234 valence electrons. The second-order valence-electron chi connectivity index (χ2n) is 12.0. The van der Waals surface area contributed by atoms with E-state index in [2.05, 4.69) is 22.8 Å². The number of amides is 3. The number of carbonyl (C=O) groups is 3. The van der Waals surface area contributed by atoms with Crippen molar-refractivity contribution in [1.82, 2.24) is 15.5 Å². The summed E-state index contributed by atoms with van der Waals surface area (Å²) < 4.78 is 8.88. The fourth-order valence-corrected chi connectivity index (χ4v) is 6.24. The van der Waals surface area contributed by atoms with Gasteiger partial charge in [-0.2, -0.15) is 0 Å². The van der Waals surface area contributed by atoms with E-state index in [-0.39, 0.29) is 29.7 Å². The Balaban J connectivity index is 0.000000782. The molecule has 0 saturated carbocycles. The number of carbonyl (C=O) groups excluding carboxylic acids is 3. The summed E-state index contributed by atoms with van der Waals surface area (Å²) in [6.45, 7) is 6.76. The smallest absolute Gasteiger partial charge is 0.344 e. The molecule has 3 amide bonds. The van der Waals surface area contributed by atoms with E-state index in [0.717, 1.165) is 55.5 Å². The molecule has 0 radical (unpaired) electrons. The van der Waals surface area contributed by atoms with Crippen LogP contribution in [0.4, 0.5) is 5.69 Å². The first-order valence-electron chi connectivity index (χ1n) is 14.9. The van der Waals surface area contributed by atoms with E-state index in [0.29, 0.717) is 26.1 Å². The number of hydrogen-bond donors (Lipinski definition) is 5. The number of aryl methyl sites for hydroxylation is 1. The molecule has 5 N–H and O–H groups in total. The molecule has 2 fully saturated rings. The van der Waals surface area contributed by atoms with Gasteiger partial charge in [-0.25, -0.2) is 4.57 Å². The van der Waals surface area contributed by atoms with Crippen LogP contribution >= 0.6 is 7.82 Å². The van der Waals surface area contributed by atoms with Crippen LogP contribution in [0.1, 0.15) is 57.1 Å². The lowest BCUT2D eigenvalue weighted by atomic mass is 9.86. The average Bonchev–Trinajstić information content (AvgIpc) is 3.19. The van der Waals surface area contributed by atoms with E-state index >= 15 is 0 Å². The van der Waals surface area contributed by atoms with Crippen LogP contribution in [-0.2, 0) is 30.8 Å². The van der Waals surface area contributed by atoms with Crippen LogP contribution in [0.2, 0.25) is 0 Å². The molecule has 2 aromatic rings. The van der Waals surface area contributed by atoms with Gasteiger partial charge in [0.1, 0.15) is 6.04 Å². The molecular weight excluding hydrogens is 571 g/mol. The van der Waals surface area contributed by atoms with Crippen molar-refractivity contribution in [2.24, 2.45) is 5.92 Å². The van der Waals surface area contributed by atoms with Crippen molar-refractivity contribution in [2.75, 3.05) is 31.1 Å². The first-order chi connectivity index (χ1) is 20.4. The van der Waals surface area contributed by atoms with Gasteiger partial charge in [0.2, 0.25) is 17.7 Å². The van der Waals surface area contributed by atoms with Gasteiger partial charge in [-0.1, -0.05) is 48.5 Å². The highest BCUT2D eigenvalue weighted by molar-refractivity contribution is 7.45. The quantitative estimate of drug-likeness (QED) is 0.298. The summed E-state index contributed by atoms with van der Waals surface area (Å²) in [5.74, 6) is 0.00802. The molecule has 0 unspecified atom stereocenters. The topological polar surface area (TPSA) is 160 Å². The SMILES string of the molecule is CC1(C)C(=O)N(C2CCN(C(=O)[C@H](CCc3ccccc3)NC(=O)[C@@H]3CCCNC3)CC2)c2ccccc21.O=P(O)(O)O. The summed E-state index contributed by atoms with van der Waals surface area (Å²) in [5.41, 5.74) is 2.70. The van der Waals surface area contributed by atoms with Gasteiger partial charge in [0.25, 0.3) is 0 Å². The monoisotopic (exact) mass is 614 g/mol. The number of para-hydroxylation sites is 1. The van der Waals surface area contributed by atoms with Crippen LogP contribution < -0.4 is 15.5 Å². The number of nitrogens with zero attached hydrogens (tertiary/aromatic N) is 2. The fraction of sp³-hybridized carbons (Fsp3) is 0.516. The zero-order chi connectivity index (χ0) is 31.2. The Kier molecular flexibility index (Phi) is 10.8. The second-order valence-corrected chi connectivity index (χ2v) is 13.0. The van der Waals surface area contributed by atoms with E-state index in [9.17, 15) is 14.4 Å². The van der Waals surface area contributed by atoms with Gasteiger partial charge in [0.05, 0.1) is 11.3 Å². The van der Waals surface area contributed by atoms with Crippen molar-refractivity contribution < 1.29 is 33.6 Å². The van der Waals surface area contributed by atoms with Gasteiger partial charge in [0.15, 0.2) is 0 Å². The van der Waals surface area contributed by atoms with Crippen LogP contribution in [0.25, 0.3) is 0 Å². The maximum absolute atomic E-state index is 13.7. The molecule has 3 aliphatic heterocycles. The fourth-order valence-electron chi connectivity index (χ4n) is 6.24. The van der Waals surface area contributed by atoms with Gasteiger partial charge in [-0.15, -0.1) is 0 Å². The molecule has 0 spiro atoms. The number of benzene rings is 2. The Bertz CT molecular complexity index is 1310. The normalized spacial score (nSPS) is 21.0. The molecular formula is C31H43N4O7P. The molecule has 43 heavy (non-hydrogen) atoms. The van der Waals surface area contributed by atoms with Crippen molar-refractivity contribution in [1.29, 1.82) is 0 Å². The zero-order valence-corrected chi connectivity index (χ0v) is 25.7. The number of phosphoric acid groups is 1. The van der Waals surface area contributed by atoms with Crippen LogP contribution in [0.3, 0.4) is 0 Å². The summed E-state index contributed by atoms with van der Waals surface area (Å²) in [6.07, 6.45) is 4.59. The van der Waals surface area contributed by atoms with Crippen molar-refractivity contribution in [3.63, 3.8) is 0 Å². The number of piperidine rings is 2. The summed E-state index contributed by atoms with van der Waals surface area (Å²) in [5, 5.41) is 6.42. The van der Waals surface area contributed by atoms with E-state index in [1.807, 2.05) is 66.1 Å². The number of hydrogen-bond acceptors (Lipinski definition) is 5. The van der Waals surface area contributed by atoms with Gasteiger partial charge in [-0.3, -0.25) is 14.4 Å². The Hall–Kier alpha value is -3.08. The highest BCUT2D eigenvalue weighted by Gasteiger charge is 2.47. The third kappa shape index (κ3) is 8.52. The number of anilines is 1. The average molecular weight is 615 g/mol. The van der Waals surface area contributed by atoms with Crippen molar-refractivity contribution >= 4 is 31.2 Å². The lowest BCUT2D eigenvalue weighted by Gasteiger charge is -2.39. The van der Waals surface area contributed by atoms with Crippen LogP contribution in [0.5, 0.6) is 0 Å². The molecule has 0 aromatic heterocycles. The summed E-state index contributed by atoms with van der Waals surface area (Å²) >= 11 is 0. The highest BCUT2D eigenvalue weighted by Crippen LogP contribution is 2.43. The minimum absolute atomic E-state index is 0.00928. The standard InChI is InChI=1S/C31H40N4O3.H3O4P/c1-31(2)25-12-6-7-13-27(25)35(30(31)38)24-16-19-34(20-17-24)29(37)26(15-14-22-9-4-3-5-10-22)33-28(36)23-11-8-18-32-21-23;1-5(2,3)4/h3-7,9-10,12-13,23-24,26,32H,8,11,14-21H2,1-2H3,(H,33,36);(H3,1,2,3,4)/t23-,26+;/m1./s1. The van der Waals surface area contributed by atoms with Crippen LogP contribution in [0.15, 0.2) is 54.6 Å². The molecule has 12 heteroatoms. The molecule has 2 aromatic carbocycles. The van der Waals surface area contributed by atoms with Crippen LogP contribution in [0, 0.1) is 5.92 Å². The summed E-state index contributed by atoms with van der Waals surface area (Å²) in [6, 6.07) is 17.7. The second kappa shape index (κ2) is 14.1. The Morgan fingerprint density at radius 3 is 2.28 bits per heavy atom. The van der Waals surface area contributed by atoms with E-state index < -0.39 is 19.3 Å². The Morgan fingerprint density at radius 2 is 1.65 bits per heavy atom. The van der Waals surface area contributed by atoms with E-state index in [4.69, 9.17) is 19.2 Å². The first-order valence-corrected chi connectivity index (χ1v) is 16.5. The van der Waals surface area contributed by atoms with Gasteiger partial charge < -0.3 is 35.1 Å². The predicted octanol–water partition coefficient (Wildman–Crippen LogP) is 2.49. The Labute approximate surface area is 252 Å². The number of likely N-dealkylation sites (tertiary alicyclic amines) is 1. The molecule has 2 saturated heterocycles. The number of fused-ring (bicyclic) bond motifs is 1. The van der Waals surface area contributed by atoms with Gasteiger partial charge >= 0.3 is 7.82 Å². The third-order valence-corrected chi connectivity index (χ3v) is 8.58. The minimum Gasteiger partial charge on any atom is -0.344 e. The lowest BCUT2D eigenvalue weighted by molar-refractivity contribution is -0.138. The number of nitrogens with one attached hydrogen (secondary N) is 2. The molecule has 5 rings (SSSR count). The zero-order valence-electron chi connectivity index (χ0n) is 24.8.